The summed E-state index contributed by atoms with van der Waals surface area (Å²) in [5.41, 5.74) is 0. The Morgan fingerprint density at radius 2 is 2.00 bits per heavy atom. The minimum Gasteiger partial charge on any atom is -0.115 e. The minimum atomic E-state index is 0. The van der Waals surface area contributed by atoms with Gasteiger partial charge in [0.25, 0.3) is 0 Å². The van der Waals surface area contributed by atoms with Gasteiger partial charge in [0.1, 0.15) is 0 Å². The summed E-state index contributed by atoms with van der Waals surface area (Å²) >= 11 is 0. The van der Waals surface area contributed by atoms with Crippen LogP contribution in [0, 0.1) is 12.3 Å². The molecule has 0 spiro atoms. The van der Waals surface area contributed by atoms with E-state index in [1.54, 1.807) is 0 Å². The zero-order chi connectivity index (χ0) is 3.41. The summed E-state index contributed by atoms with van der Waals surface area (Å²) < 4.78 is 0. The molecular formula is C4H4Pd. The van der Waals surface area contributed by atoms with Gasteiger partial charge in [-0.1, -0.05) is 12.5 Å². The Bertz CT molecular complexity index is 49.2. The molecule has 0 aliphatic rings. The van der Waals surface area contributed by atoms with Crippen LogP contribution >= 0.6 is 0 Å². The van der Waals surface area contributed by atoms with Crippen molar-refractivity contribution in [2.45, 2.75) is 0 Å². The number of hydrogen-bond donors (Lipinski definition) is 0. The van der Waals surface area contributed by atoms with Gasteiger partial charge in [-0.15, -0.1) is 6.42 Å². The van der Waals surface area contributed by atoms with Gasteiger partial charge < -0.3 is 0 Å². The van der Waals surface area contributed by atoms with Crippen LogP contribution in [-0.2, 0) is 20.4 Å². The molecule has 0 atom stereocenters. The third kappa shape index (κ3) is 16.5. The normalized spacial score (nSPS) is 3.00. The van der Waals surface area contributed by atoms with E-state index < -0.39 is 0 Å². The van der Waals surface area contributed by atoms with Crippen LogP contribution in [0.1, 0.15) is 0 Å². The molecule has 0 aromatic carbocycles. The summed E-state index contributed by atoms with van der Waals surface area (Å²) in [4.78, 5) is 0. The van der Waals surface area contributed by atoms with Gasteiger partial charge >= 0.3 is 0 Å². The summed E-state index contributed by atoms with van der Waals surface area (Å²) in [5, 5.41) is 0. The molecule has 5 heavy (non-hydrogen) atoms. The van der Waals surface area contributed by atoms with Crippen molar-refractivity contribution in [2.75, 3.05) is 0 Å². The first kappa shape index (κ1) is 8.88. The second-order valence-electron chi connectivity index (χ2n) is 0.371. The van der Waals surface area contributed by atoms with E-state index in [1.807, 2.05) is 0 Å². The predicted molar refractivity (Wildman–Crippen MR) is 19.0 cm³/mol. The second-order valence-corrected chi connectivity index (χ2v) is 0.371. The fourth-order valence-corrected chi connectivity index (χ4v) is 0. The molecule has 0 amide bonds. The average Bonchev–Trinajstić information content (AvgIpc) is 1.37. The van der Waals surface area contributed by atoms with Crippen LogP contribution in [0.2, 0.25) is 0 Å². The van der Waals surface area contributed by atoms with Gasteiger partial charge in [-0.3, -0.25) is 0 Å². The van der Waals surface area contributed by atoms with Gasteiger partial charge in [0.2, 0.25) is 0 Å². The molecule has 0 aliphatic heterocycles. The third-order valence-corrected chi connectivity index (χ3v) is 0.118. The maximum absolute atomic E-state index is 4.66. The minimum absolute atomic E-state index is 0. The molecule has 0 aromatic heterocycles. The summed E-state index contributed by atoms with van der Waals surface area (Å²) in [7, 11) is 0. The van der Waals surface area contributed by atoms with Gasteiger partial charge in [-0.2, -0.15) is 0 Å². The van der Waals surface area contributed by atoms with Gasteiger partial charge in [-0.05, 0) is 6.08 Å². The third-order valence-electron chi connectivity index (χ3n) is 0.118. The molecule has 0 radical (unpaired) electrons. The fraction of sp³-hybridized carbons (Fsp3) is 0. The Labute approximate surface area is 45.9 Å². The molecule has 0 fully saturated rings. The monoisotopic (exact) mass is 158 g/mol. The van der Waals surface area contributed by atoms with Crippen LogP contribution in [0.25, 0.3) is 0 Å². The molecule has 0 N–H and O–H groups in total. The van der Waals surface area contributed by atoms with Crippen molar-refractivity contribution in [1.29, 1.82) is 0 Å². The Morgan fingerprint density at radius 1 is 1.80 bits per heavy atom. The zero-order valence-corrected chi connectivity index (χ0v) is 4.23. The number of terminal acetylenes is 1. The molecule has 0 aliphatic carbocycles. The fourth-order valence-electron chi connectivity index (χ4n) is 0. The van der Waals surface area contributed by atoms with E-state index in [2.05, 4.69) is 18.9 Å². The van der Waals surface area contributed by atoms with Crippen LogP contribution in [0.4, 0.5) is 0 Å². The Hall–Kier alpha value is -0.0377. The number of hydrogen-bond acceptors (Lipinski definition) is 0. The van der Waals surface area contributed by atoms with E-state index in [9.17, 15) is 0 Å². The number of rotatable bonds is 0. The second kappa shape index (κ2) is 9.03. The van der Waals surface area contributed by atoms with Gasteiger partial charge in [-0.25, -0.2) is 0 Å². The molecule has 30 valence electrons. The summed E-state index contributed by atoms with van der Waals surface area (Å²) in [6, 6.07) is 0. The van der Waals surface area contributed by atoms with Crippen LogP contribution in [-0.4, -0.2) is 0 Å². The van der Waals surface area contributed by atoms with Gasteiger partial charge in [0.15, 0.2) is 0 Å². The first-order valence-corrected chi connectivity index (χ1v) is 0.986. The van der Waals surface area contributed by atoms with Crippen molar-refractivity contribution in [3.8, 4) is 12.3 Å². The Balaban J connectivity index is 0. The van der Waals surface area contributed by atoms with Crippen LogP contribution in [0.15, 0.2) is 12.7 Å². The quantitative estimate of drug-likeness (QED) is 0.361. The van der Waals surface area contributed by atoms with Crippen molar-refractivity contribution < 1.29 is 20.4 Å². The maximum atomic E-state index is 4.66. The molecule has 1 heteroatoms. The zero-order valence-electron chi connectivity index (χ0n) is 2.68. The van der Waals surface area contributed by atoms with Gasteiger partial charge in [0, 0.05) is 20.4 Å². The van der Waals surface area contributed by atoms with Crippen molar-refractivity contribution in [2.24, 2.45) is 0 Å². The molecule has 0 rings (SSSR count). The Kier molecular flexibility index (Phi) is 16.0. The standard InChI is InChI=1S/C4H4.Pd/c1-3-4-2;/h1,4H,2H2;. The molecular weight excluding hydrogens is 154 g/mol. The van der Waals surface area contributed by atoms with Crippen molar-refractivity contribution in [1.82, 2.24) is 0 Å². The van der Waals surface area contributed by atoms with Crippen molar-refractivity contribution >= 4 is 0 Å². The molecule has 0 aromatic rings. The first-order chi connectivity index (χ1) is 1.91. The number of allylic oxidation sites excluding steroid dienone is 1. The first-order valence-electron chi connectivity index (χ1n) is 0.986. The molecule has 0 saturated carbocycles. The maximum Gasteiger partial charge on any atom is 0 e. The predicted octanol–water partition coefficient (Wildman–Crippen LogP) is 0.803. The van der Waals surface area contributed by atoms with Crippen molar-refractivity contribution in [3.05, 3.63) is 12.7 Å². The van der Waals surface area contributed by atoms with Crippen LogP contribution in [0.3, 0.4) is 0 Å². The summed E-state index contributed by atoms with van der Waals surface area (Å²) in [6.07, 6.45) is 6.06. The average molecular weight is 158 g/mol. The van der Waals surface area contributed by atoms with E-state index in [4.69, 9.17) is 0 Å². The molecule has 0 nitrogen and oxygen atoms in total. The smallest absolute Gasteiger partial charge is 0 e. The topological polar surface area (TPSA) is 0 Å². The van der Waals surface area contributed by atoms with Crippen molar-refractivity contribution in [3.63, 3.8) is 0 Å². The molecule has 0 unspecified atom stereocenters. The van der Waals surface area contributed by atoms with E-state index in [0.29, 0.717) is 0 Å². The van der Waals surface area contributed by atoms with Gasteiger partial charge in [0.05, 0.1) is 0 Å². The van der Waals surface area contributed by atoms with E-state index in [0.717, 1.165) is 0 Å². The molecule has 0 saturated heterocycles. The van der Waals surface area contributed by atoms with E-state index in [1.165, 1.54) is 6.08 Å². The SMILES string of the molecule is C#CC=C.[Pd]. The van der Waals surface area contributed by atoms with Crippen LogP contribution < -0.4 is 0 Å². The van der Waals surface area contributed by atoms with E-state index in [-0.39, 0.29) is 20.4 Å². The molecule has 0 bridgehead atoms. The summed E-state index contributed by atoms with van der Waals surface area (Å²) in [5.74, 6) is 2.19. The largest absolute Gasteiger partial charge is 0.115 e. The van der Waals surface area contributed by atoms with E-state index >= 15 is 0 Å². The Morgan fingerprint density at radius 3 is 2.00 bits per heavy atom. The van der Waals surface area contributed by atoms with Crippen LogP contribution in [0.5, 0.6) is 0 Å². The molecule has 0 heterocycles. The summed E-state index contributed by atoms with van der Waals surface area (Å²) in [6.45, 7) is 3.24.